The Bertz CT molecular complexity index is 1120. The molecule has 0 spiro atoms. The summed E-state index contributed by atoms with van der Waals surface area (Å²) in [5, 5.41) is 3.06. The molecule has 8 nitrogen and oxygen atoms in total. The summed E-state index contributed by atoms with van der Waals surface area (Å²) in [6, 6.07) is 5.83. The number of piperidine rings is 1. The number of hydrogen-bond donors (Lipinski definition) is 1. The molecule has 2 aromatic rings. The minimum atomic E-state index is -3.61. The van der Waals surface area contributed by atoms with Gasteiger partial charge >= 0.3 is 0 Å². The van der Waals surface area contributed by atoms with Crippen LogP contribution in [0.15, 0.2) is 23.1 Å². The van der Waals surface area contributed by atoms with E-state index in [9.17, 15) is 13.2 Å². The molecule has 2 aliphatic heterocycles. The first-order valence-electron chi connectivity index (χ1n) is 12.9. The lowest BCUT2D eigenvalue weighted by Gasteiger charge is -2.30. The SMILES string of the molecule is Cc1nc2cc(S(=O)(=O)N3CCC(C(=O)NCCN4CCCC4)CC3)ccc2n1C1CCCC1. The third kappa shape index (κ3) is 4.75. The molecule has 3 heterocycles. The van der Waals surface area contributed by atoms with E-state index in [1.807, 2.05) is 13.0 Å². The second kappa shape index (κ2) is 9.95. The number of nitrogens with zero attached hydrogens (tertiary/aromatic N) is 4. The second-order valence-corrected chi connectivity index (χ2v) is 12.1. The van der Waals surface area contributed by atoms with Gasteiger partial charge in [0.25, 0.3) is 0 Å². The fraction of sp³-hybridized carbons (Fsp3) is 0.680. The summed E-state index contributed by atoms with van der Waals surface area (Å²) < 4.78 is 30.5. The van der Waals surface area contributed by atoms with Crippen LogP contribution < -0.4 is 5.32 Å². The number of fused-ring (bicyclic) bond motifs is 1. The van der Waals surface area contributed by atoms with E-state index >= 15 is 0 Å². The lowest BCUT2D eigenvalue weighted by molar-refractivity contribution is -0.126. The Morgan fingerprint density at radius 1 is 1.03 bits per heavy atom. The highest BCUT2D eigenvalue weighted by Crippen LogP contribution is 2.34. The molecule has 1 aromatic carbocycles. The van der Waals surface area contributed by atoms with Gasteiger partial charge in [-0.25, -0.2) is 13.4 Å². The fourth-order valence-corrected chi connectivity index (χ4v) is 7.47. The highest BCUT2D eigenvalue weighted by molar-refractivity contribution is 7.89. The minimum Gasteiger partial charge on any atom is -0.355 e. The molecule has 1 aliphatic carbocycles. The smallest absolute Gasteiger partial charge is 0.243 e. The number of sulfonamides is 1. The monoisotopic (exact) mass is 487 g/mol. The molecule has 34 heavy (non-hydrogen) atoms. The third-order valence-electron chi connectivity index (χ3n) is 7.92. The van der Waals surface area contributed by atoms with Gasteiger partial charge in [0.2, 0.25) is 15.9 Å². The van der Waals surface area contributed by atoms with Crippen LogP contribution in [-0.2, 0) is 14.8 Å². The van der Waals surface area contributed by atoms with Crippen LogP contribution in [0.4, 0.5) is 0 Å². The average molecular weight is 488 g/mol. The van der Waals surface area contributed by atoms with Gasteiger partial charge in [-0.2, -0.15) is 4.31 Å². The van der Waals surface area contributed by atoms with Crippen LogP contribution in [0.3, 0.4) is 0 Å². The zero-order valence-electron chi connectivity index (χ0n) is 20.2. The molecule has 1 amide bonds. The quantitative estimate of drug-likeness (QED) is 0.649. The van der Waals surface area contributed by atoms with Crippen molar-refractivity contribution in [1.82, 2.24) is 24.1 Å². The van der Waals surface area contributed by atoms with Crippen LogP contribution in [0.5, 0.6) is 0 Å². The largest absolute Gasteiger partial charge is 0.355 e. The molecule has 0 radical (unpaired) electrons. The van der Waals surface area contributed by atoms with Gasteiger partial charge in [-0.3, -0.25) is 4.79 Å². The normalized spacial score (nSPS) is 21.6. The van der Waals surface area contributed by atoms with Crippen molar-refractivity contribution >= 4 is 27.0 Å². The maximum atomic E-state index is 13.4. The van der Waals surface area contributed by atoms with Gasteiger partial charge in [-0.15, -0.1) is 0 Å². The molecule has 9 heteroatoms. The van der Waals surface area contributed by atoms with E-state index in [0.29, 0.717) is 43.4 Å². The van der Waals surface area contributed by atoms with Crippen LogP contribution in [-0.4, -0.2) is 72.3 Å². The molecule has 3 aliphatic rings. The van der Waals surface area contributed by atoms with E-state index in [2.05, 4.69) is 14.8 Å². The van der Waals surface area contributed by atoms with Gasteiger partial charge in [0.1, 0.15) is 5.82 Å². The number of carbonyl (C=O) groups is 1. The van der Waals surface area contributed by atoms with Crippen molar-refractivity contribution in [1.29, 1.82) is 0 Å². The summed E-state index contributed by atoms with van der Waals surface area (Å²) in [6.45, 7) is 6.58. The summed E-state index contributed by atoms with van der Waals surface area (Å²) in [5.74, 6) is 0.899. The standard InChI is InChI=1S/C25H37N5O3S/c1-19-27-23-18-22(8-9-24(23)30(19)21-6-2-3-7-21)34(32,33)29-15-10-20(11-16-29)25(31)26-12-17-28-13-4-5-14-28/h8-9,18,20-21H,2-7,10-17H2,1H3,(H,26,31). The maximum absolute atomic E-state index is 13.4. The third-order valence-corrected chi connectivity index (χ3v) is 9.81. The summed E-state index contributed by atoms with van der Waals surface area (Å²) in [6.07, 6.45) is 8.41. The number of rotatable bonds is 7. The molecule has 186 valence electrons. The number of nitrogens with one attached hydrogen (secondary N) is 1. The number of imidazole rings is 1. The predicted molar refractivity (Wildman–Crippen MR) is 132 cm³/mol. The number of aryl methyl sites for hydroxylation is 1. The minimum absolute atomic E-state index is 0.0607. The van der Waals surface area contributed by atoms with Gasteiger partial charge < -0.3 is 14.8 Å². The number of amides is 1. The molecule has 0 bridgehead atoms. The molecule has 3 fully saturated rings. The molecular formula is C25H37N5O3S. The average Bonchev–Trinajstić information content (AvgIpc) is 3.59. The Kier molecular flexibility index (Phi) is 6.95. The first-order chi connectivity index (χ1) is 16.4. The van der Waals surface area contributed by atoms with E-state index in [-0.39, 0.29) is 11.8 Å². The second-order valence-electron chi connectivity index (χ2n) is 10.1. The molecule has 1 aromatic heterocycles. The molecule has 1 N–H and O–H groups in total. The molecule has 5 rings (SSSR count). The van der Waals surface area contributed by atoms with E-state index < -0.39 is 10.0 Å². The summed E-state index contributed by atoms with van der Waals surface area (Å²) in [4.78, 5) is 19.9. The van der Waals surface area contributed by atoms with E-state index in [0.717, 1.165) is 49.3 Å². The van der Waals surface area contributed by atoms with Gasteiger partial charge in [-0.05, 0) is 76.7 Å². The Balaban J connectivity index is 1.21. The van der Waals surface area contributed by atoms with Gasteiger partial charge in [0.15, 0.2) is 0 Å². The highest BCUT2D eigenvalue weighted by Gasteiger charge is 2.32. The Labute approximate surface area is 202 Å². The van der Waals surface area contributed by atoms with Crippen molar-refractivity contribution in [3.05, 3.63) is 24.0 Å². The van der Waals surface area contributed by atoms with E-state index in [4.69, 9.17) is 4.98 Å². The molecule has 0 unspecified atom stereocenters. The van der Waals surface area contributed by atoms with Crippen molar-refractivity contribution in [3.63, 3.8) is 0 Å². The predicted octanol–water partition coefficient (Wildman–Crippen LogP) is 3.07. The number of hydrogen-bond acceptors (Lipinski definition) is 5. The van der Waals surface area contributed by atoms with Crippen molar-refractivity contribution in [3.8, 4) is 0 Å². The summed E-state index contributed by atoms with van der Waals surface area (Å²) in [7, 11) is -3.61. The van der Waals surface area contributed by atoms with Crippen LogP contribution in [0, 0.1) is 12.8 Å². The highest BCUT2D eigenvalue weighted by atomic mass is 32.2. The summed E-state index contributed by atoms with van der Waals surface area (Å²) >= 11 is 0. The molecule has 2 saturated heterocycles. The number of benzene rings is 1. The number of likely N-dealkylation sites (tertiary alicyclic amines) is 1. The van der Waals surface area contributed by atoms with Gasteiger partial charge in [0, 0.05) is 38.1 Å². The van der Waals surface area contributed by atoms with Crippen LogP contribution in [0.25, 0.3) is 11.0 Å². The Hall–Kier alpha value is -1.97. The number of carbonyl (C=O) groups excluding carboxylic acids is 1. The zero-order chi connectivity index (χ0) is 23.7. The van der Waals surface area contributed by atoms with Crippen molar-refractivity contribution in [2.45, 2.75) is 69.2 Å². The molecular weight excluding hydrogens is 450 g/mol. The van der Waals surface area contributed by atoms with Crippen molar-refractivity contribution in [2.75, 3.05) is 39.3 Å². The topological polar surface area (TPSA) is 87.5 Å². The van der Waals surface area contributed by atoms with Gasteiger partial charge in [0.05, 0.1) is 15.9 Å². The first kappa shape index (κ1) is 23.8. The van der Waals surface area contributed by atoms with E-state index in [1.54, 1.807) is 12.1 Å². The zero-order valence-corrected chi connectivity index (χ0v) is 21.0. The van der Waals surface area contributed by atoms with Crippen LogP contribution >= 0.6 is 0 Å². The van der Waals surface area contributed by atoms with Crippen molar-refractivity contribution < 1.29 is 13.2 Å². The number of aromatic nitrogens is 2. The summed E-state index contributed by atoms with van der Waals surface area (Å²) in [5.41, 5.74) is 1.77. The lowest BCUT2D eigenvalue weighted by atomic mass is 9.97. The fourth-order valence-electron chi connectivity index (χ4n) is 5.98. The van der Waals surface area contributed by atoms with Crippen molar-refractivity contribution in [2.24, 2.45) is 5.92 Å². The van der Waals surface area contributed by atoms with Crippen LogP contribution in [0.2, 0.25) is 0 Å². The maximum Gasteiger partial charge on any atom is 0.243 e. The van der Waals surface area contributed by atoms with E-state index in [1.165, 1.54) is 30.0 Å². The molecule has 1 saturated carbocycles. The Morgan fingerprint density at radius 2 is 1.74 bits per heavy atom. The molecule has 0 atom stereocenters. The van der Waals surface area contributed by atoms with Crippen LogP contribution in [0.1, 0.15) is 63.2 Å². The Morgan fingerprint density at radius 3 is 2.44 bits per heavy atom. The first-order valence-corrected chi connectivity index (χ1v) is 14.4. The van der Waals surface area contributed by atoms with Gasteiger partial charge in [-0.1, -0.05) is 12.8 Å². The lowest BCUT2D eigenvalue weighted by Crippen LogP contribution is -2.44.